The molecule has 1 atom stereocenters. The Balaban J connectivity index is 1.68. The number of nitrogens with one attached hydrogen (secondary N) is 2. The highest BCUT2D eigenvalue weighted by molar-refractivity contribution is 7.92. The molecule has 1 aliphatic heterocycles. The van der Waals surface area contributed by atoms with E-state index in [0.717, 1.165) is 12.8 Å². The van der Waals surface area contributed by atoms with Gasteiger partial charge in [-0.3, -0.25) is 9.52 Å². The topological polar surface area (TPSA) is 93.7 Å². The fraction of sp³-hybridized carbons (Fsp3) is 0.350. The zero-order chi connectivity index (χ0) is 20.2. The molecule has 28 heavy (non-hydrogen) atoms. The van der Waals surface area contributed by atoms with E-state index in [-0.39, 0.29) is 16.4 Å². The van der Waals surface area contributed by atoms with E-state index in [9.17, 15) is 13.2 Å². The average Bonchev–Trinajstić information content (AvgIpc) is 3.13. The maximum Gasteiger partial charge on any atom is 0.262 e. The molecule has 1 heterocycles. The molecule has 0 unspecified atom stereocenters. The second-order valence-electron chi connectivity index (χ2n) is 6.91. The maximum atomic E-state index is 12.6. The van der Waals surface area contributed by atoms with Gasteiger partial charge in [-0.2, -0.15) is 0 Å². The van der Waals surface area contributed by atoms with Crippen LogP contribution >= 0.6 is 0 Å². The summed E-state index contributed by atoms with van der Waals surface area (Å²) in [5.41, 5.74) is 0.395. The molecular formula is C20H24N2O5S. The molecule has 1 fully saturated rings. The molecule has 0 saturated carbocycles. The van der Waals surface area contributed by atoms with Gasteiger partial charge in [0.2, 0.25) is 0 Å². The van der Waals surface area contributed by atoms with Crippen molar-refractivity contribution in [2.45, 2.75) is 30.3 Å². The zero-order valence-corrected chi connectivity index (χ0v) is 16.7. The van der Waals surface area contributed by atoms with Gasteiger partial charge in [0.25, 0.3) is 15.9 Å². The van der Waals surface area contributed by atoms with Crippen molar-refractivity contribution in [1.29, 1.82) is 0 Å². The molecule has 1 aliphatic rings. The highest BCUT2D eigenvalue weighted by atomic mass is 32.2. The number of hydrogen-bond donors (Lipinski definition) is 2. The Morgan fingerprint density at radius 2 is 1.89 bits per heavy atom. The molecule has 0 aliphatic carbocycles. The number of carbonyl (C=O) groups is 1. The minimum Gasteiger partial charge on any atom is -0.495 e. The quantitative estimate of drug-likeness (QED) is 0.740. The first-order valence-corrected chi connectivity index (χ1v) is 10.5. The highest BCUT2D eigenvalue weighted by Gasteiger charge is 2.30. The fourth-order valence-corrected chi connectivity index (χ4v) is 4.13. The number of rotatable bonds is 7. The molecule has 1 amide bonds. The maximum absolute atomic E-state index is 12.6. The van der Waals surface area contributed by atoms with Crippen LogP contribution in [-0.4, -0.2) is 40.2 Å². The van der Waals surface area contributed by atoms with Crippen LogP contribution in [0.3, 0.4) is 0 Å². The Bertz CT molecular complexity index is 935. The van der Waals surface area contributed by atoms with Gasteiger partial charge in [0, 0.05) is 18.7 Å². The Labute approximate surface area is 165 Å². The first-order valence-electron chi connectivity index (χ1n) is 9.01. The summed E-state index contributed by atoms with van der Waals surface area (Å²) in [5.74, 6) is 0.156. The molecule has 2 aromatic carbocycles. The Kier molecular flexibility index (Phi) is 5.90. The van der Waals surface area contributed by atoms with Gasteiger partial charge in [0.15, 0.2) is 0 Å². The summed E-state index contributed by atoms with van der Waals surface area (Å²) in [6.07, 6.45) is 1.89. The van der Waals surface area contributed by atoms with Crippen molar-refractivity contribution < 1.29 is 22.7 Å². The normalized spacial score (nSPS) is 19.2. The lowest BCUT2D eigenvalue weighted by molar-refractivity contribution is 0.0206. The number of benzene rings is 2. The number of hydrogen-bond acceptors (Lipinski definition) is 5. The third-order valence-electron chi connectivity index (χ3n) is 4.70. The van der Waals surface area contributed by atoms with Crippen LogP contribution in [0.1, 0.15) is 30.1 Å². The van der Waals surface area contributed by atoms with Crippen molar-refractivity contribution in [3.8, 4) is 5.75 Å². The molecule has 150 valence electrons. The van der Waals surface area contributed by atoms with E-state index in [1.807, 2.05) is 6.92 Å². The highest BCUT2D eigenvalue weighted by Crippen LogP contribution is 2.26. The minimum absolute atomic E-state index is 0.0565. The van der Waals surface area contributed by atoms with Crippen molar-refractivity contribution in [1.82, 2.24) is 5.32 Å². The van der Waals surface area contributed by atoms with Crippen LogP contribution in [0.5, 0.6) is 5.75 Å². The van der Waals surface area contributed by atoms with E-state index in [1.165, 1.54) is 31.4 Å². The van der Waals surface area contributed by atoms with Crippen molar-refractivity contribution in [3.05, 3.63) is 54.1 Å². The van der Waals surface area contributed by atoms with E-state index in [0.29, 0.717) is 30.2 Å². The molecule has 7 nitrogen and oxygen atoms in total. The fourth-order valence-electron chi connectivity index (χ4n) is 3.06. The van der Waals surface area contributed by atoms with E-state index in [1.54, 1.807) is 24.3 Å². The van der Waals surface area contributed by atoms with Crippen LogP contribution in [0, 0.1) is 0 Å². The summed E-state index contributed by atoms with van der Waals surface area (Å²) in [4.78, 5) is 12.4. The van der Waals surface area contributed by atoms with Gasteiger partial charge in [0.1, 0.15) is 5.75 Å². The van der Waals surface area contributed by atoms with Gasteiger partial charge in [0.05, 0.1) is 23.3 Å². The smallest absolute Gasteiger partial charge is 0.262 e. The van der Waals surface area contributed by atoms with Gasteiger partial charge in [-0.15, -0.1) is 0 Å². The second kappa shape index (κ2) is 8.20. The van der Waals surface area contributed by atoms with Crippen molar-refractivity contribution >= 4 is 21.6 Å². The van der Waals surface area contributed by atoms with Gasteiger partial charge in [-0.25, -0.2) is 8.42 Å². The molecule has 0 radical (unpaired) electrons. The number of sulfonamides is 1. The lowest BCUT2D eigenvalue weighted by atomic mass is 10.0. The summed E-state index contributed by atoms with van der Waals surface area (Å²) in [5, 5.41) is 2.85. The third-order valence-corrected chi connectivity index (χ3v) is 6.08. The van der Waals surface area contributed by atoms with Crippen molar-refractivity contribution in [2.24, 2.45) is 0 Å². The summed E-state index contributed by atoms with van der Waals surface area (Å²) in [6.45, 7) is 3.10. The number of carbonyl (C=O) groups excluding carboxylic acids is 1. The lowest BCUT2D eigenvalue weighted by Crippen LogP contribution is -2.40. The molecule has 0 bridgehead atoms. The molecule has 0 spiro atoms. The Hall–Kier alpha value is -2.58. The first kappa shape index (κ1) is 20.2. The first-order chi connectivity index (χ1) is 13.3. The molecule has 0 aromatic heterocycles. The van der Waals surface area contributed by atoms with Crippen LogP contribution in [0.2, 0.25) is 0 Å². The van der Waals surface area contributed by atoms with Crippen LogP contribution in [0.4, 0.5) is 5.69 Å². The summed E-state index contributed by atoms with van der Waals surface area (Å²) >= 11 is 0. The Morgan fingerprint density at radius 1 is 1.18 bits per heavy atom. The molecule has 2 N–H and O–H groups in total. The predicted molar refractivity (Wildman–Crippen MR) is 106 cm³/mol. The van der Waals surface area contributed by atoms with Crippen molar-refractivity contribution in [3.63, 3.8) is 0 Å². The largest absolute Gasteiger partial charge is 0.495 e. The molecular weight excluding hydrogens is 380 g/mol. The SMILES string of the molecule is COc1ccccc1NS(=O)(=O)c1ccc(C(=O)NC[C@]2(C)CCCO2)cc1. The number of anilines is 1. The second-order valence-corrected chi connectivity index (χ2v) is 8.60. The van der Waals surface area contributed by atoms with Gasteiger partial charge < -0.3 is 14.8 Å². The lowest BCUT2D eigenvalue weighted by Gasteiger charge is -2.23. The summed E-state index contributed by atoms with van der Waals surface area (Å²) < 4.78 is 38.5. The molecule has 2 aromatic rings. The zero-order valence-electron chi connectivity index (χ0n) is 15.9. The van der Waals surface area contributed by atoms with Gasteiger partial charge in [-0.1, -0.05) is 12.1 Å². The third kappa shape index (κ3) is 4.63. The molecule has 8 heteroatoms. The number of para-hydroxylation sites is 2. The monoisotopic (exact) mass is 404 g/mol. The number of methoxy groups -OCH3 is 1. The van der Waals surface area contributed by atoms with Gasteiger partial charge in [-0.05, 0) is 56.2 Å². The average molecular weight is 404 g/mol. The van der Waals surface area contributed by atoms with E-state index in [2.05, 4.69) is 10.0 Å². The van der Waals surface area contributed by atoms with E-state index in [4.69, 9.17) is 9.47 Å². The Morgan fingerprint density at radius 3 is 2.54 bits per heavy atom. The predicted octanol–water partition coefficient (Wildman–Crippen LogP) is 2.79. The van der Waals surface area contributed by atoms with Crippen LogP contribution in [0.25, 0.3) is 0 Å². The number of ether oxygens (including phenoxy) is 2. The molecule has 1 saturated heterocycles. The van der Waals surface area contributed by atoms with E-state index >= 15 is 0 Å². The van der Waals surface area contributed by atoms with E-state index < -0.39 is 10.0 Å². The van der Waals surface area contributed by atoms with Crippen LogP contribution < -0.4 is 14.8 Å². The molecule has 3 rings (SSSR count). The summed E-state index contributed by atoms with van der Waals surface area (Å²) in [7, 11) is -2.34. The van der Waals surface area contributed by atoms with Crippen molar-refractivity contribution in [2.75, 3.05) is 25.0 Å². The number of amides is 1. The summed E-state index contributed by atoms with van der Waals surface area (Å²) in [6, 6.07) is 12.5. The van der Waals surface area contributed by atoms with Crippen LogP contribution in [-0.2, 0) is 14.8 Å². The van der Waals surface area contributed by atoms with Crippen LogP contribution in [0.15, 0.2) is 53.4 Å². The minimum atomic E-state index is -3.81. The van der Waals surface area contributed by atoms with Gasteiger partial charge >= 0.3 is 0 Å². The standard InChI is InChI=1S/C20H24N2O5S/c1-20(12-5-13-27-20)14-21-19(23)15-8-10-16(11-9-15)28(24,25)22-17-6-3-4-7-18(17)26-2/h3-4,6-11,22H,5,12-14H2,1-2H3,(H,21,23)/t20-/m0/s1.